The van der Waals surface area contributed by atoms with E-state index in [4.69, 9.17) is 0 Å². The molecule has 6 nitrogen and oxygen atoms in total. The lowest BCUT2D eigenvalue weighted by molar-refractivity contribution is 0.0942. The summed E-state index contributed by atoms with van der Waals surface area (Å²) in [5.41, 5.74) is -0.299. The first kappa shape index (κ1) is 19.5. The predicted molar refractivity (Wildman–Crippen MR) is 101 cm³/mol. The highest BCUT2D eigenvalue weighted by Gasteiger charge is 2.22. The molecular weight excluding hydrogens is 366 g/mol. The van der Waals surface area contributed by atoms with Crippen LogP contribution in [0.3, 0.4) is 0 Å². The molecular formula is C20H20F2N4O2. The van der Waals surface area contributed by atoms with E-state index in [1.807, 2.05) is 0 Å². The molecule has 2 aromatic heterocycles. The van der Waals surface area contributed by atoms with Crippen LogP contribution >= 0.6 is 0 Å². The number of benzene rings is 1. The van der Waals surface area contributed by atoms with Gasteiger partial charge in [-0.3, -0.25) is 14.0 Å². The molecule has 8 heteroatoms. The van der Waals surface area contributed by atoms with Crippen molar-refractivity contribution in [1.82, 2.24) is 14.7 Å². The standard InChI is InChI=1S/C20H20F2N4O2/c1-2-3-5-11-23-20(28)18-24-17(15-10-4-6-12-26(15)18)19(27)25-16-13(21)8-7-9-14(16)22/h4,6-10,12H,2-3,5,11H2,1H3,(H,23,28)(H,25,27). The van der Waals surface area contributed by atoms with Gasteiger partial charge in [-0.15, -0.1) is 0 Å². The SMILES string of the molecule is CCCCCNC(=O)c1nc(C(=O)Nc2c(F)cccc2F)c2ccccn12. The minimum absolute atomic E-state index is 0.0336. The zero-order chi connectivity index (χ0) is 20.1. The van der Waals surface area contributed by atoms with Gasteiger partial charge in [-0.25, -0.2) is 13.8 Å². The summed E-state index contributed by atoms with van der Waals surface area (Å²) < 4.78 is 29.1. The highest BCUT2D eigenvalue weighted by molar-refractivity contribution is 6.09. The first-order valence-corrected chi connectivity index (χ1v) is 9.03. The van der Waals surface area contributed by atoms with E-state index in [1.54, 1.807) is 24.4 Å². The number of nitrogens with one attached hydrogen (secondary N) is 2. The molecule has 2 amide bonds. The normalized spacial score (nSPS) is 10.8. The summed E-state index contributed by atoms with van der Waals surface area (Å²) in [6.45, 7) is 2.56. The van der Waals surface area contributed by atoms with Crippen molar-refractivity contribution in [2.24, 2.45) is 0 Å². The van der Waals surface area contributed by atoms with Crippen molar-refractivity contribution >= 4 is 23.0 Å². The van der Waals surface area contributed by atoms with Crippen LogP contribution in [0.1, 0.15) is 47.3 Å². The number of fused-ring (bicyclic) bond motifs is 1. The highest BCUT2D eigenvalue weighted by Crippen LogP contribution is 2.20. The van der Waals surface area contributed by atoms with Gasteiger partial charge in [0.15, 0.2) is 5.69 Å². The van der Waals surface area contributed by atoms with Crippen molar-refractivity contribution in [2.75, 3.05) is 11.9 Å². The number of aromatic nitrogens is 2. The molecule has 2 N–H and O–H groups in total. The maximum atomic E-state index is 13.8. The summed E-state index contributed by atoms with van der Waals surface area (Å²) in [6, 6.07) is 8.26. The molecule has 0 fully saturated rings. The van der Waals surface area contributed by atoms with Crippen LogP contribution in [0.25, 0.3) is 5.52 Å². The maximum Gasteiger partial charge on any atom is 0.287 e. The lowest BCUT2D eigenvalue weighted by atomic mass is 10.2. The highest BCUT2D eigenvalue weighted by atomic mass is 19.1. The monoisotopic (exact) mass is 386 g/mol. The molecule has 0 aliphatic carbocycles. The largest absolute Gasteiger partial charge is 0.349 e. The van der Waals surface area contributed by atoms with E-state index in [0.717, 1.165) is 31.4 Å². The summed E-state index contributed by atoms with van der Waals surface area (Å²) >= 11 is 0. The van der Waals surface area contributed by atoms with Gasteiger partial charge in [-0.1, -0.05) is 31.9 Å². The van der Waals surface area contributed by atoms with Gasteiger partial charge in [0.1, 0.15) is 17.3 Å². The number of hydrogen-bond acceptors (Lipinski definition) is 3. The van der Waals surface area contributed by atoms with Crippen LogP contribution < -0.4 is 10.6 Å². The van der Waals surface area contributed by atoms with Crippen LogP contribution in [0.4, 0.5) is 14.5 Å². The summed E-state index contributed by atoms with van der Waals surface area (Å²) in [5.74, 6) is -2.99. The van der Waals surface area contributed by atoms with Gasteiger partial charge in [0.2, 0.25) is 5.82 Å². The number of hydrogen-bond donors (Lipinski definition) is 2. The number of anilines is 1. The maximum absolute atomic E-state index is 13.8. The van der Waals surface area contributed by atoms with Crippen LogP contribution in [-0.4, -0.2) is 27.7 Å². The van der Waals surface area contributed by atoms with Crippen LogP contribution in [0.5, 0.6) is 0 Å². The van der Waals surface area contributed by atoms with Crippen molar-refractivity contribution in [2.45, 2.75) is 26.2 Å². The second kappa shape index (κ2) is 8.60. The molecule has 3 rings (SSSR count). The van der Waals surface area contributed by atoms with Crippen molar-refractivity contribution in [3.05, 3.63) is 65.7 Å². The quantitative estimate of drug-likeness (QED) is 0.607. The van der Waals surface area contributed by atoms with Gasteiger partial charge >= 0.3 is 0 Å². The van der Waals surface area contributed by atoms with Gasteiger partial charge in [-0.05, 0) is 30.7 Å². The fourth-order valence-corrected chi connectivity index (χ4v) is 2.81. The van der Waals surface area contributed by atoms with Crippen molar-refractivity contribution in [3.63, 3.8) is 0 Å². The van der Waals surface area contributed by atoms with Crippen LogP contribution in [0.2, 0.25) is 0 Å². The Bertz CT molecular complexity index is 996. The summed E-state index contributed by atoms with van der Waals surface area (Å²) in [5, 5.41) is 4.97. The Morgan fingerprint density at radius 3 is 2.50 bits per heavy atom. The third-order valence-corrected chi connectivity index (χ3v) is 4.23. The minimum Gasteiger partial charge on any atom is -0.349 e. The van der Waals surface area contributed by atoms with Crippen molar-refractivity contribution < 1.29 is 18.4 Å². The number of unbranched alkanes of at least 4 members (excludes halogenated alkanes) is 2. The molecule has 0 saturated carbocycles. The van der Waals surface area contributed by atoms with Crippen LogP contribution in [0, 0.1) is 11.6 Å². The number of carbonyl (C=O) groups is 2. The van der Waals surface area contributed by atoms with Gasteiger partial charge in [0.25, 0.3) is 11.8 Å². The molecule has 0 bridgehead atoms. The Morgan fingerprint density at radius 1 is 1.04 bits per heavy atom. The summed E-state index contributed by atoms with van der Waals surface area (Å²) in [7, 11) is 0. The first-order chi connectivity index (χ1) is 13.5. The minimum atomic E-state index is -0.897. The molecule has 28 heavy (non-hydrogen) atoms. The molecule has 1 aromatic carbocycles. The number of nitrogens with zero attached hydrogens (tertiary/aromatic N) is 2. The van der Waals surface area contributed by atoms with Gasteiger partial charge in [-0.2, -0.15) is 0 Å². The smallest absolute Gasteiger partial charge is 0.287 e. The Balaban J connectivity index is 1.89. The molecule has 0 atom stereocenters. The molecule has 0 spiro atoms. The van der Waals surface area contributed by atoms with Crippen molar-refractivity contribution in [1.29, 1.82) is 0 Å². The first-order valence-electron chi connectivity index (χ1n) is 9.03. The number of pyridine rings is 1. The molecule has 0 aliphatic heterocycles. The molecule has 0 radical (unpaired) electrons. The predicted octanol–water partition coefficient (Wildman–Crippen LogP) is 3.78. The molecule has 146 valence electrons. The van der Waals surface area contributed by atoms with Crippen molar-refractivity contribution in [3.8, 4) is 0 Å². The fourth-order valence-electron chi connectivity index (χ4n) is 2.81. The third-order valence-electron chi connectivity index (χ3n) is 4.23. The number of imidazole rings is 1. The lowest BCUT2D eigenvalue weighted by Crippen LogP contribution is -2.26. The van der Waals surface area contributed by atoms with E-state index < -0.39 is 29.1 Å². The molecule has 0 aliphatic rings. The number of halogens is 2. The Labute approximate surface area is 160 Å². The van der Waals surface area contributed by atoms with E-state index in [-0.39, 0.29) is 11.5 Å². The van der Waals surface area contributed by atoms with E-state index in [2.05, 4.69) is 22.5 Å². The van der Waals surface area contributed by atoms with E-state index in [1.165, 1.54) is 10.5 Å². The Hall–Kier alpha value is -3.29. The third kappa shape index (κ3) is 4.00. The average molecular weight is 386 g/mol. The van der Waals surface area contributed by atoms with Gasteiger partial charge < -0.3 is 10.6 Å². The van der Waals surface area contributed by atoms with E-state index in [9.17, 15) is 18.4 Å². The fraction of sp³-hybridized carbons (Fsp3) is 0.250. The zero-order valence-corrected chi connectivity index (χ0v) is 15.3. The Kier molecular flexibility index (Phi) is 5.98. The van der Waals surface area contributed by atoms with E-state index >= 15 is 0 Å². The molecule has 0 unspecified atom stereocenters. The average Bonchev–Trinajstić information content (AvgIpc) is 3.08. The molecule has 2 heterocycles. The van der Waals surface area contributed by atoms with Gasteiger partial charge in [0.05, 0.1) is 5.52 Å². The molecule has 0 saturated heterocycles. The zero-order valence-electron chi connectivity index (χ0n) is 15.3. The van der Waals surface area contributed by atoms with Gasteiger partial charge in [0, 0.05) is 12.7 Å². The van der Waals surface area contributed by atoms with Crippen LogP contribution in [0.15, 0.2) is 42.6 Å². The Morgan fingerprint density at radius 2 is 1.79 bits per heavy atom. The second-order valence-electron chi connectivity index (χ2n) is 6.25. The summed E-state index contributed by atoms with van der Waals surface area (Å²) in [4.78, 5) is 29.2. The topological polar surface area (TPSA) is 75.5 Å². The number of para-hydroxylation sites is 1. The second-order valence-corrected chi connectivity index (χ2v) is 6.25. The number of rotatable bonds is 7. The van der Waals surface area contributed by atoms with E-state index in [0.29, 0.717) is 12.1 Å². The van der Waals surface area contributed by atoms with Crippen LogP contribution in [-0.2, 0) is 0 Å². The lowest BCUT2D eigenvalue weighted by Gasteiger charge is -2.06. The number of amides is 2. The number of carbonyl (C=O) groups excluding carboxylic acids is 2. The summed E-state index contributed by atoms with van der Waals surface area (Å²) in [6.07, 6.45) is 4.46. The molecule has 3 aromatic rings.